The molecule has 1 aliphatic carbocycles. The van der Waals surface area contributed by atoms with E-state index in [1.165, 1.54) is 24.3 Å². The third kappa shape index (κ3) is 4.37. The zero-order valence-electron chi connectivity index (χ0n) is 17.5. The predicted molar refractivity (Wildman–Crippen MR) is 107 cm³/mol. The Bertz CT molecular complexity index is 861. The second-order valence-electron chi connectivity index (χ2n) is 9.07. The molecule has 8 heteroatoms. The van der Waals surface area contributed by atoms with Crippen LogP contribution >= 0.6 is 0 Å². The van der Waals surface area contributed by atoms with Crippen molar-refractivity contribution in [1.29, 1.82) is 0 Å². The Morgan fingerprint density at radius 3 is 2.43 bits per heavy atom. The lowest BCUT2D eigenvalue weighted by Crippen LogP contribution is -2.57. The van der Waals surface area contributed by atoms with Crippen molar-refractivity contribution in [3.63, 3.8) is 0 Å². The van der Waals surface area contributed by atoms with Crippen LogP contribution in [0.2, 0.25) is 0 Å². The smallest absolute Gasteiger partial charge is 0.338 e. The zero-order valence-corrected chi connectivity index (χ0v) is 17.5. The summed E-state index contributed by atoms with van der Waals surface area (Å²) in [6.45, 7) is 5.78. The van der Waals surface area contributed by atoms with Crippen molar-refractivity contribution >= 4 is 23.4 Å². The maximum Gasteiger partial charge on any atom is 0.338 e. The Labute approximate surface area is 175 Å². The standard InChI is InChI=1S/C22H27NO7/c1-14(24)4-9-17-18(12-21(17,2)3)22(11-10-19(25)30-22)13-29-20(26)15-5-7-16(8-6-15)23(27)28/h5-8,17-18H,4,9-13H2,1-3H3/t17-,18+,22-/m1/s1. The second-order valence-corrected chi connectivity index (χ2v) is 9.07. The van der Waals surface area contributed by atoms with Crippen molar-refractivity contribution < 1.29 is 28.8 Å². The minimum atomic E-state index is -0.884. The summed E-state index contributed by atoms with van der Waals surface area (Å²) in [4.78, 5) is 46.2. The van der Waals surface area contributed by atoms with Gasteiger partial charge in [-0.2, -0.15) is 0 Å². The molecule has 0 aromatic heterocycles. The van der Waals surface area contributed by atoms with Crippen molar-refractivity contribution in [2.24, 2.45) is 17.3 Å². The van der Waals surface area contributed by atoms with E-state index in [0.717, 1.165) is 6.42 Å². The number of nitrogens with zero attached hydrogens (tertiary/aromatic N) is 1. The van der Waals surface area contributed by atoms with Gasteiger partial charge >= 0.3 is 11.9 Å². The number of non-ortho nitro benzene ring substituents is 1. The first-order valence-corrected chi connectivity index (χ1v) is 10.2. The van der Waals surface area contributed by atoms with Gasteiger partial charge in [-0.1, -0.05) is 13.8 Å². The number of ketones is 1. The number of benzene rings is 1. The molecule has 1 saturated heterocycles. The molecular formula is C22H27NO7. The van der Waals surface area contributed by atoms with E-state index in [2.05, 4.69) is 13.8 Å². The van der Waals surface area contributed by atoms with Gasteiger partial charge in [-0.25, -0.2) is 4.79 Å². The predicted octanol–water partition coefficient (Wildman–Crippen LogP) is 3.86. The summed E-state index contributed by atoms with van der Waals surface area (Å²) in [5.74, 6) is -0.602. The highest BCUT2D eigenvalue weighted by Crippen LogP contribution is 2.59. The molecule has 1 heterocycles. The highest BCUT2D eigenvalue weighted by molar-refractivity contribution is 5.89. The first kappa shape index (κ1) is 21.9. The fourth-order valence-corrected chi connectivity index (χ4v) is 4.85. The fourth-order valence-electron chi connectivity index (χ4n) is 4.85. The minimum Gasteiger partial charge on any atom is -0.458 e. The Balaban J connectivity index is 1.72. The summed E-state index contributed by atoms with van der Waals surface area (Å²) in [5.41, 5.74) is -0.783. The third-order valence-electron chi connectivity index (χ3n) is 6.55. The van der Waals surface area contributed by atoms with E-state index in [1.54, 1.807) is 6.92 Å². The average molecular weight is 417 g/mol. The quantitative estimate of drug-likeness (QED) is 0.358. The normalized spacial score (nSPS) is 27.1. The monoisotopic (exact) mass is 417 g/mol. The van der Waals surface area contributed by atoms with Gasteiger partial charge in [0.15, 0.2) is 0 Å². The maximum absolute atomic E-state index is 12.5. The number of nitro groups is 1. The SMILES string of the molecule is CC(=O)CC[C@@H]1[C@@H]([C@]2(COC(=O)c3ccc([N+](=O)[O-])cc3)CCC(=O)O2)CC1(C)C. The van der Waals surface area contributed by atoms with Gasteiger partial charge in [0, 0.05) is 37.3 Å². The molecule has 162 valence electrons. The van der Waals surface area contributed by atoms with Gasteiger partial charge in [-0.3, -0.25) is 14.9 Å². The number of hydrogen-bond donors (Lipinski definition) is 0. The number of carbonyl (C=O) groups is 3. The summed E-state index contributed by atoms with van der Waals surface area (Å²) in [5, 5.41) is 10.8. The second kappa shape index (κ2) is 8.16. The number of nitro benzene ring substituents is 1. The van der Waals surface area contributed by atoms with Gasteiger partial charge in [0.2, 0.25) is 0 Å². The fraction of sp³-hybridized carbons (Fsp3) is 0.591. The largest absolute Gasteiger partial charge is 0.458 e. The molecular weight excluding hydrogens is 390 g/mol. The lowest BCUT2D eigenvalue weighted by atomic mass is 9.49. The molecule has 1 aromatic carbocycles. The van der Waals surface area contributed by atoms with Crippen LogP contribution in [-0.2, 0) is 19.1 Å². The van der Waals surface area contributed by atoms with E-state index >= 15 is 0 Å². The van der Waals surface area contributed by atoms with Crippen molar-refractivity contribution in [2.75, 3.05) is 6.61 Å². The number of Topliss-reactive ketones (excluding diaryl/α,β-unsaturated/α-hetero) is 1. The molecule has 3 atom stereocenters. The molecule has 2 aliphatic rings. The number of rotatable bonds is 8. The highest BCUT2D eigenvalue weighted by Gasteiger charge is 2.60. The van der Waals surface area contributed by atoms with Gasteiger partial charge < -0.3 is 14.3 Å². The van der Waals surface area contributed by atoms with Gasteiger partial charge in [0.25, 0.3) is 5.69 Å². The van der Waals surface area contributed by atoms with Gasteiger partial charge in [-0.05, 0) is 43.2 Å². The lowest BCUT2D eigenvalue weighted by molar-refractivity contribution is -0.384. The maximum atomic E-state index is 12.5. The molecule has 3 rings (SSSR count). The van der Waals surface area contributed by atoms with E-state index in [4.69, 9.17) is 9.47 Å². The first-order valence-electron chi connectivity index (χ1n) is 10.2. The van der Waals surface area contributed by atoms with Crippen LogP contribution in [0.3, 0.4) is 0 Å². The van der Waals surface area contributed by atoms with Gasteiger partial charge in [-0.15, -0.1) is 0 Å². The summed E-state index contributed by atoms with van der Waals surface area (Å²) in [6, 6.07) is 5.17. The number of esters is 2. The molecule has 0 radical (unpaired) electrons. The van der Waals surface area contributed by atoms with Crippen LogP contribution in [0.25, 0.3) is 0 Å². The summed E-state index contributed by atoms with van der Waals surface area (Å²) in [7, 11) is 0. The van der Waals surface area contributed by atoms with E-state index in [0.29, 0.717) is 19.3 Å². The van der Waals surface area contributed by atoms with Crippen molar-refractivity contribution in [3.05, 3.63) is 39.9 Å². The molecule has 0 unspecified atom stereocenters. The van der Waals surface area contributed by atoms with Crippen LogP contribution in [-0.4, -0.2) is 34.9 Å². The van der Waals surface area contributed by atoms with Crippen molar-refractivity contribution in [2.45, 2.75) is 58.5 Å². The molecule has 2 fully saturated rings. The molecule has 0 spiro atoms. The van der Waals surface area contributed by atoms with Crippen LogP contribution in [0.1, 0.15) is 63.2 Å². The topological polar surface area (TPSA) is 113 Å². The Kier molecular flexibility index (Phi) is 5.97. The summed E-state index contributed by atoms with van der Waals surface area (Å²) in [6.07, 6.45) is 2.74. The summed E-state index contributed by atoms with van der Waals surface area (Å²) < 4.78 is 11.2. The van der Waals surface area contributed by atoms with E-state index in [1.807, 2.05) is 0 Å². The Hall–Kier alpha value is -2.77. The van der Waals surface area contributed by atoms with Crippen LogP contribution in [0, 0.1) is 27.4 Å². The van der Waals surface area contributed by atoms with Gasteiger partial charge in [0.05, 0.1) is 10.5 Å². The Morgan fingerprint density at radius 1 is 1.27 bits per heavy atom. The molecule has 0 bridgehead atoms. The first-order chi connectivity index (χ1) is 14.0. The average Bonchev–Trinajstić information content (AvgIpc) is 3.06. The number of ether oxygens (including phenoxy) is 2. The van der Waals surface area contributed by atoms with Crippen molar-refractivity contribution in [1.82, 2.24) is 0 Å². The van der Waals surface area contributed by atoms with E-state index in [-0.39, 0.29) is 53.3 Å². The summed E-state index contributed by atoms with van der Waals surface area (Å²) >= 11 is 0. The van der Waals surface area contributed by atoms with Crippen LogP contribution in [0.4, 0.5) is 5.69 Å². The van der Waals surface area contributed by atoms with Crippen LogP contribution in [0.5, 0.6) is 0 Å². The molecule has 1 saturated carbocycles. The van der Waals surface area contributed by atoms with E-state index in [9.17, 15) is 24.5 Å². The van der Waals surface area contributed by atoms with Gasteiger partial charge in [0.1, 0.15) is 18.0 Å². The lowest BCUT2D eigenvalue weighted by Gasteiger charge is -2.57. The van der Waals surface area contributed by atoms with Crippen LogP contribution in [0.15, 0.2) is 24.3 Å². The molecule has 8 nitrogen and oxygen atoms in total. The van der Waals surface area contributed by atoms with Crippen molar-refractivity contribution in [3.8, 4) is 0 Å². The highest BCUT2D eigenvalue weighted by atomic mass is 16.6. The molecule has 0 amide bonds. The number of carbonyl (C=O) groups excluding carboxylic acids is 3. The molecule has 1 aromatic rings. The third-order valence-corrected chi connectivity index (χ3v) is 6.55. The zero-order chi connectivity index (χ0) is 22.1. The molecule has 1 aliphatic heterocycles. The van der Waals surface area contributed by atoms with E-state index < -0.39 is 16.5 Å². The molecule has 0 N–H and O–H groups in total. The minimum absolute atomic E-state index is 0.0166. The number of cyclic esters (lactones) is 1. The molecule has 30 heavy (non-hydrogen) atoms. The number of hydrogen-bond acceptors (Lipinski definition) is 7. The Morgan fingerprint density at radius 2 is 1.93 bits per heavy atom. The van der Waals surface area contributed by atoms with Crippen LogP contribution < -0.4 is 0 Å².